The van der Waals surface area contributed by atoms with Crippen LogP contribution >= 0.6 is 15.9 Å². The maximum atomic E-state index is 9.83. The summed E-state index contributed by atoms with van der Waals surface area (Å²) in [5, 5.41) is 9.83. The molecule has 0 aliphatic rings. The van der Waals surface area contributed by atoms with Crippen LogP contribution in [0, 0.1) is 0 Å². The van der Waals surface area contributed by atoms with Gasteiger partial charge in [0.2, 0.25) is 0 Å². The molecular formula is C14H22BrNO. The van der Waals surface area contributed by atoms with Gasteiger partial charge in [0.15, 0.2) is 0 Å². The van der Waals surface area contributed by atoms with Crippen LogP contribution in [0.4, 0.5) is 5.69 Å². The van der Waals surface area contributed by atoms with Crippen LogP contribution in [-0.2, 0) is 0 Å². The normalized spacial score (nSPS) is 12.9. The van der Waals surface area contributed by atoms with E-state index < -0.39 is 6.10 Å². The number of hydrogen-bond acceptors (Lipinski definition) is 2. The number of anilines is 1. The first kappa shape index (κ1) is 14.5. The second kappa shape index (κ2) is 6.41. The van der Waals surface area contributed by atoms with Crippen molar-refractivity contribution < 1.29 is 5.11 Å². The Hall–Kier alpha value is -0.540. The van der Waals surface area contributed by atoms with Gasteiger partial charge in [-0.05, 0) is 31.9 Å². The van der Waals surface area contributed by atoms with Gasteiger partial charge >= 0.3 is 0 Å². The summed E-state index contributed by atoms with van der Waals surface area (Å²) in [5.41, 5.74) is 2.10. The van der Waals surface area contributed by atoms with Crippen molar-refractivity contribution in [2.75, 3.05) is 11.9 Å². The molecule has 1 rings (SSSR count). The number of rotatable bonds is 5. The van der Waals surface area contributed by atoms with Crippen molar-refractivity contribution >= 4 is 21.6 Å². The van der Waals surface area contributed by atoms with Crippen LogP contribution in [0.2, 0.25) is 0 Å². The van der Waals surface area contributed by atoms with E-state index in [1.807, 2.05) is 19.1 Å². The average molecular weight is 300 g/mol. The molecule has 0 aliphatic carbocycles. The van der Waals surface area contributed by atoms with Gasteiger partial charge in [-0.2, -0.15) is 0 Å². The molecule has 0 radical (unpaired) electrons. The molecule has 17 heavy (non-hydrogen) atoms. The number of benzene rings is 1. The zero-order valence-corrected chi connectivity index (χ0v) is 12.7. The van der Waals surface area contributed by atoms with E-state index in [1.54, 1.807) is 0 Å². The minimum atomic E-state index is -0.435. The maximum Gasteiger partial charge on any atom is 0.0782 e. The quantitative estimate of drug-likeness (QED) is 0.884. The molecule has 1 atom stereocenters. The smallest absolute Gasteiger partial charge is 0.0782 e. The van der Waals surface area contributed by atoms with Gasteiger partial charge in [0, 0.05) is 28.8 Å². The van der Waals surface area contributed by atoms with Crippen molar-refractivity contribution in [3.63, 3.8) is 0 Å². The summed E-state index contributed by atoms with van der Waals surface area (Å²) >= 11 is 3.50. The summed E-state index contributed by atoms with van der Waals surface area (Å²) in [6.07, 6.45) is 1.78. The molecule has 1 unspecified atom stereocenters. The highest BCUT2D eigenvalue weighted by atomic mass is 79.9. The molecule has 0 spiro atoms. The topological polar surface area (TPSA) is 23.5 Å². The lowest BCUT2D eigenvalue weighted by Gasteiger charge is -2.31. The SMILES string of the molecule is CCC(CC)N(C)c1cc(Br)ccc1C(C)O. The summed E-state index contributed by atoms with van der Waals surface area (Å²) in [6, 6.07) is 6.57. The van der Waals surface area contributed by atoms with E-state index in [1.165, 1.54) is 0 Å². The first-order valence-corrected chi connectivity index (χ1v) is 7.00. The number of halogens is 1. The van der Waals surface area contributed by atoms with Gasteiger partial charge in [-0.3, -0.25) is 0 Å². The molecule has 0 heterocycles. The Labute approximate surface area is 113 Å². The standard InChI is InChI=1S/C14H22BrNO/c1-5-12(6-2)16(4)14-9-11(15)7-8-13(14)10(3)17/h7-10,12,17H,5-6H2,1-4H3. The van der Waals surface area contributed by atoms with Crippen LogP contribution in [0.5, 0.6) is 0 Å². The van der Waals surface area contributed by atoms with Crippen molar-refractivity contribution in [2.45, 2.75) is 45.8 Å². The summed E-state index contributed by atoms with van der Waals surface area (Å²) in [5.74, 6) is 0. The van der Waals surface area contributed by atoms with E-state index in [4.69, 9.17) is 0 Å². The number of hydrogen-bond donors (Lipinski definition) is 1. The molecule has 96 valence electrons. The third-order valence-corrected chi connectivity index (χ3v) is 3.81. The predicted molar refractivity (Wildman–Crippen MR) is 77.5 cm³/mol. The average Bonchev–Trinajstić information content (AvgIpc) is 2.29. The van der Waals surface area contributed by atoms with Crippen LogP contribution < -0.4 is 4.90 Å². The fourth-order valence-electron chi connectivity index (χ4n) is 2.21. The van der Waals surface area contributed by atoms with Gasteiger partial charge < -0.3 is 10.0 Å². The van der Waals surface area contributed by atoms with Crippen LogP contribution in [-0.4, -0.2) is 18.2 Å². The first-order valence-electron chi connectivity index (χ1n) is 6.21. The highest BCUT2D eigenvalue weighted by Gasteiger charge is 2.17. The van der Waals surface area contributed by atoms with Crippen LogP contribution in [0.15, 0.2) is 22.7 Å². The Kier molecular flexibility index (Phi) is 5.47. The van der Waals surface area contributed by atoms with E-state index >= 15 is 0 Å². The van der Waals surface area contributed by atoms with E-state index in [9.17, 15) is 5.11 Å². The van der Waals surface area contributed by atoms with Crippen molar-refractivity contribution in [1.29, 1.82) is 0 Å². The number of nitrogens with zero attached hydrogens (tertiary/aromatic N) is 1. The van der Waals surface area contributed by atoms with Gasteiger partial charge in [0.05, 0.1) is 6.10 Å². The Bertz CT molecular complexity index is 361. The Morgan fingerprint density at radius 2 is 1.88 bits per heavy atom. The Balaban J connectivity index is 3.13. The highest BCUT2D eigenvalue weighted by molar-refractivity contribution is 9.10. The lowest BCUT2D eigenvalue weighted by molar-refractivity contribution is 0.199. The van der Waals surface area contributed by atoms with Crippen molar-refractivity contribution in [3.05, 3.63) is 28.2 Å². The second-order valence-electron chi connectivity index (χ2n) is 4.46. The minimum absolute atomic E-state index is 0.435. The molecule has 1 N–H and O–H groups in total. The third kappa shape index (κ3) is 3.46. The molecule has 0 amide bonds. The Morgan fingerprint density at radius 3 is 2.35 bits per heavy atom. The molecule has 0 saturated heterocycles. The summed E-state index contributed by atoms with van der Waals surface area (Å²) < 4.78 is 1.05. The van der Waals surface area contributed by atoms with Gasteiger partial charge in [-0.15, -0.1) is 0 Å². The molecular weight excluding hydrogens is 278 g/mol. The number of aliphatic hydroxyl groups is 1. The van der Waals surface area contributed by atoms with E-state index in [-0.39, 0.29) is 0 Å². The largest absolute Gasteiger partial charge is 0.389 e. The third-order valence-electron chi connectivity index (χ3n) is 3.31. The highest BCUT2D eigenvalue weighted by Crippen LogP contribution is 2.31. The lowest BCUT2D eigenvalue weighted by Crippen LogP contribution is -2.31. The summed E-state index contributed by atoms with van der Waals surface area (Å²) in [6.45, 7) is 6.21. The number of aliphatic hydroxyl groups excluding tert-OH is 1. The van der Waals surface area contributed by atoms with Crippen molar-refractivity contribution in [2.24, 2.45) is 0 Å². The molecule has 0 bridgehead atoms. The fourth-order valence-corrected chi connectivity index (χ4v) is 2.56. The predicted octanol–water partition coefficient (Wildman–Crippen LogP) is 4.13. The molecule has 0 saturated carbocycles. The molecule has 0 fully saturated rings. The molecule has 3 heteroatoms. The van der Waals surface area contributed by atoms with Crippen LogP contribution in [0.1, 0.15) is 45.3 Å². The zero-order chi connectivity index (χ0) is 13.0. The first-order chi connectivity index (χ1) is 8.01. The van der Waals surface area contributed by atoms with Gasteiger partial charge in [-0.1, -0.05) is 35.8 Å². The van der Waals surface area contributed by atoms with Gasteiger partial charge in [0.1, 0.15) is 0 Å². The van der Waals surface area contributed by atoms with E-state index in [0.717, 1.165) is 28.6 Å². The van der Waals surface area contributed by atoms with Gasteiger partial charge in [0.25, 0.3) is 0 Å². The van der Waals surface area contributed by atoms with Gasteiger partial charge in [-0.25, -0.2) is 0 Å². The van der Waals surface area contributed by atoms with E-state index in [2.05, 4.69) is 47.8 Å². The fraction of sp³-hybridized carbons (Fsp3) is 0.571. The van der Waals surface area contributed by atoms with Crippen LogP contribution in [0.3, 0.4) is 0 Å². The minimum Gasteiger partial charge on any atom is -0.389 e. The Morgan fingerprint density at radius 1 is 1.29 bits per heavy atom. The molecule has 1 aromatic carbocycles. The van der Waals surface area contributed by atoms with Crippen molar-refractivity contribution in [3.8, 4) is 0 Å². The lowest BCUT2D eigenvalue weighted by atomic mass is 10.0. The van der Waals surface area contributed by atoms with Crippen molar-refractivity contribution in [1.82, 2.24) is 0 Å². The molecule has 2 nitrogen and oxygen atoms in total. The maximum absolute atomic E-state index is 9.83. The van der Waals surface area contributed by atoms with Crippen LogP contribution in [0.25, 0.3) is 0 Å². The molecule has 0 aliphatic heterocycles. The summed E-state index contributed by atoms with van der Waals surface area (Å²) in [4.78, 5) is 2.27. The monoisotopic (exact) mass is 299 g/mol. The second-order valence-corrected chi connectivity index (χ2v) is 5.38. The van der Waals surface area contributed by atoms with E-state index in [0.29, 0.717) is 6.04 Å². The summed E-state index contributed by atoms with van der Waals surface area (Å²) in [7, 11) is 2.10. The molecule has 1 aromatic rings. The molecule has 0 aromatic heterocycles. The zero-order valence-electron chi connectivity index (χ0n) is 11.1.